The van der Waals surface area contributed by atoms with Crippen molar-refractivity contribution in [3.63, 3.8) is 0 Å². The molecule has 3 N–H and O–H groups in total. The lowest BCUT2D eigenvalue weighted by Crippen LogP contribution is -2.13. The number of hydrogen-bond donors (Lipinski definition) is 3. The second-order valence-electron chi connectivity index (χ2n) is 6.87. The minimum Gasteiger partial charge on any atom is -0.326 e. The van der Waals surface area contributed by atoms with Gasteiger partial charge in [0.1, 0.15) is 5.82 Å². The van der Waals surface area contributed by atoms with Crippen molar-refractivity contribution < 1.29 is 4.79 Å². The molecule has 0 fully saturated rings. The molecule has 2 heterocycles. The number of nitrogens with zero attached hydrogens (tertiary/aromatic N) is 4. The minimum atomic E-state index is -0.0953. The predicted molar refractivity (Wildman–Crippen MR) is 123 cm³/mol. The molecule has 1 amide bonds. The van der Waals surface area contributed by atoms with Crippen LogP contribution in [0.2, 0.25) is 0 Å². The van der Waals surface area contributed by atoms with Crippen LogP contribution in [0, 0.1) is 13.8 Å². The number of amides is 1. The Kier molecular flexibility index (Phi) is 6.13. The van der Waals surface area contributed by atoms with E-state index < -0.39 is 0 Å². The zero-order chi connectivity index (χ0) is 21.6. The first-order valence-corrected chi connectivity index (χ1v) is 10.5. The van der Waals surface area contributed by atoms with Crippen molar-refractivity contribution in [3.05, 3.63) is 77.1 Å². The minimum absolute atomic E-state index is 0.0953. The van der Waals surface area contributed by atoms with Gasteiger partial charge in [0, 0.05) is 22.4 Å². The number of aromatic nitrogens is 4. The molecule has 2 aromatic heterocycles. The van der Waals surface area contributed by atoms with Crippen LogP contribution in [-0.2, 0) is 11.2 Å². The molecule has 9 heteroatoms. The van der Waals surface area contributed by atoms with Gasteiger partial charge >= 0.3 is 0 Å². The maximum Gasteiger partial charge on any atom is 0.234 e. The highest BCUT2D eigenvalue weighted by molar-refractivity contribution is 7.15. The van der Waals surface area contributed by atoms with E-state index in [1.54, 1.807) is 13.1 Å². The summed E-state index contributed by atoms with van der Waals surface area (Å²) in [6, 6.07) is 17.3. The molecule has 2 aromatic carbocycles. The SMILES string of the molecule is Cc1cccc(Nc2nc(C)nc(Nc3ncc(CC(=O)Nc4ccccc4)s3)n2)c1. The highest BCUT2D eigenvalue weighted by Gasteiger charge is 2.11. The fourth-order valence-corrected chi connectivity index (χ4v) is 3.68. The van der Waals surface area contributed by atoms with Gasteiger partial charge in [-0.15, -0.1) is 11.3 Å². The Morgan fingerprint density at radius 3 is 2.42 bits per heavy atom. The number of carbonyl (C=O) groups excluding carboxylic acids is 1. The van der Waals surface area contributed by atoms with E-state index in [1.807, 2.05) is 61.5 Å². The van der Waals surface area contributed by atoms with Crippen LogP contribution in [0.4, 0.5) is 28.4 Å². The molecular weight excluding hydrogens is 410 g/mol. The molecule has 4 rings (SSSR count). The monoisotopic (exact) mass is 431 g/mol. The Morgan fingerprint density at radius 2 is 1.65 bits per heavy atom. The van der Waals surface area contributed by atoms with Gasteiger partial charge in [-0.25, -0.2) is 4.98 Å². The molecule has 0 saturated carbocycles. The lowest BCUT2D eigenvalue weighted by atomic mass is 10.2. The van der Waals surface area contributed by atoms with E-state index in [1.165, 1.54) is 11.3 Å². The number of benzene rings is 2. The summed E-state index contributed by atoms with van der Waals surface area (Å²) in [6.45, 7) is 3.83. The molecule has 0 unspecified atom stereocenters. The molecule has 0 saturated heterocycles. The van der Waals surface area contributed by atoms with Gasteiger partial charge in [-0.05, 0) is 43.7 Å². The highest BCUT2D eigenvalue weighted by atomic mass is 32.1. The van der Waals surface area contributed by atoms with E-state index in [2.05, 4.69) is 35.9 Å². The highest BCUT2D eigenvalue weighted by Crippen LogP contribution is 2.23. The van der Waals surface area contributed by atoms with E-state index in [9.17, 15) is 4.79 Å². The van der Waals surface area contributed by atoms with Crippen LogP contribution in [0.25, 0.3) is 0 Å². The van der Waals surface area contributed by atoms with Crippen LogP contribution < -0.4 is 16.0 Å². The van der Waals surface area contributed by atoms with Crippen LogP contribution in [-0.4, -0.2) is 25.8 Å². The van der Waals surface area contributed by atoms with Crippen molar-refractivity contribution in [2.45, 2.75) is 20.3 Å². The molecule has 0 radical (unpaired) electrons. The molecular formula is C22H21N7OS. The first-order valence-electron chi connectivity index (χ1n) is 9.66. The van der Waals surface area contributed by atoms with Crippen LogP contribution in [0.1, 0.15) is 16.3 Å². The molecule has 156 valence electrons. The average molecular weight is 432 g/mol. The molecule has 0 aliphatic heterocycles. The first-order chi connectivity index (χ1) is 15.0. The van der Waals surface area contributed by atoms with Gasteiger partial charge < -0.3 is 10.6 Å². The second-order valence-corrected chi connectivity index (χ2v) is 7.99. The fraction of sp³-hybridized carbons (Fsp3) is 0.136. The van der Waals surface area contributed by atoms with E-state index in [0.717, 1.165) is 21.8 Å². The molecule has 0 bridgehead atoms. The summed E-state index contributed by atoms with van der Waals surface area (Å²) in [6.07, 6.45) is 1.92. The zero-order valence-corrected chi connectivity index (χ0v) is 17.9. The maximum absolute atomic E-state index is 12.2. The third-order valence-corrected chi connectivity index (χ3v) is 5.10. The number of carbonyl (C=O) groups is 1. The summed E-state index contributed by atoms with van der Waals surface area (Å²) in [4.78, 5) is 30.5. The van der Waals surface area contributed by atoms with E-state index >= 15 is 0 Å². The van der Waals surface area contributed by atoms with E-state index in [4.69, 9.17) is 0 Å². The second kappa shape index (κ2) is 9.31. The van der Waals surface area contributed by atoms with Crippen LogP contribution in [0.3, 0.4) is 0 Å². The van der Waals surface area contributed by atoms with Gasteiger partial charge in [0.05, 0.1) is 6.42 Å². The average Bonchev–Trinajstić information content (AvgIpc) is 3.14. The molecule has 0 spiro atoms. The van der Waals surface area contributed by atoms with Crippen molar-refractivity contribution in [1.29, 1.82) is 0 Å². The Bertz CT molecular complexity index is 1190. The van der Waals surface area contributed by atoms with Gasteiger partial charge in [-0.2, -0.15) is 15.0 Å². The first kappa shape index (κ1) is 20.4. The van der Waals surface area contributed by atoms with Gasteiger partial charge in [-0.3, -0.25) is 10.1 Å². The van der Waals surface area contributed by atoms with Gasteiger partial charge in [0.25, 0.3) is 0 Å². The lowest BCUT2D eigenvalue weighted by molar-refractivity contribution is -0.115. The van der Waals surface area contributed by atoms with Gasteiger partial charge in [-0.1, -0.05) is 30.3 Å². The quantitative estimate of drug-likeness (QED) is 0.392. The summed E-state index contributed by atoms with van der Waals surface area (Å²) in [5.41, 5.74) is 2.81. The Labute approximate surface area is 183 Å². The summed E-state index contributed by atoms with van der Waals surface area (Å²) in [7, 11) is 0. The Morgan fingerprint density at radius 1 is 0.903 bits per heavy atom. The largest absolute Gasteiger partial charge is 0.326 e. The van der Waals surface area contributed by atoms with Crippen molar-refractivity contribution in [1.82, 2.24) is 19.9 Å². The van der Waals surface area contributed by atoms with Crippen molar-refractivity contribution in [2.75, 3.05) is 16.0 Å². The molecule has 0 aliphatic carbocycles. The number of thiazole rings is 1. The van der Waals surface area contributed by atoms with Crippen LogP contribution in [0.15, 0.2) is 60.8 Å². The summed E-state index contributed by atoms with van der Waals surface area (Å²) >= 11 is 1.38. The number of nitrogens with one attached hydrogen (secondary N) is 3. The molecule has 4 aromatic rings. The normalized spacial score (nSPS) is 10.5. The van der Waals surface area contributed by atoms with Gasteiger partial charge in [0.15, 0.2) is 5.13 Å². The van der Waals surface area contributed by atoms with Crippen LogP contribution in [0.5, 0.6) is 0 Å². The van der Waals surface area contributed by atoms with E-state index in [-0.39, 0.29) is 12.3 Å². The number of hydrogen-bond acceptors (Lipinski definition) is 8. The van der Waals surface area contributed by atoms with Crippen molar-refractivity contribution in [2.24, 2.45) is 0 Å². The predicted octanol–water partition coefficient (Wildman–Crippen LogP) is 4.61. The summed E-state index contributed by atoms with van der Waals surface area (Å²) in [5, 5.41) is 9.77. The van der Waals surface area contributed by atoms with Gasteiger partial charge in [0.2, 0.25) is 17.8 Å². The summed E-state index contributed by atoms with van der Waals surface area (Å²) < 4.78 is 0. The number of para-hydroxylation sites is 1. The zero-order valence-electron chi connectivity index (χ0n) is 17.1. The smallest absolute Gasteiger partial charge is 0.234 e. The van der Waals surface area contributed by atoms with Crippen molar-refractivity contribution in [3.8, 4) is 0 Å². The third-order valence-electron chi connectivity index (χ3n) is 4.19. The topological polar surface area (TPSA) is 105 Å². The molecule has 8 nitrogen and oxygen atoms in total. The maximum atomic E-state index is 12.2. The van der Waals surface area contributed by atoms with E-state index in [0.29, 0.717) is 22.9 Å². The number of aryl methyl sites for hydroxylation is 2. The standard InChI is InChI=1S/C22H21N7OS/c1-14-7-6-10-17(11-14)27-20-24-15(2)25-21(28-20)29-22-23-13-18(31-22)12-19(30)26-16-8-4-3-5-9-16/h3-11,13H,12H2,1-2H3,(H,26,30)(H2,23,24,25,27,28,29). The fourth-order valence-electron chi connectivity index (χ4n) is 2.87. The number of rotatable bonds is 7. The Balaban J connectivity index is 1.41. The van der Waals surface area contributed by atoms with Crippen molar-refractivity contribution >= 4 is 45.6 Å². The summed E-state index contributed by atoms with van der Waals surface area (Å²) in [5.74, 6) is 1.31. The van der Waals surface area contributed by atoms with Crippen LogP contribution >= 0.6 is 11.3 Å². The molecule has 0 atom stereocenters. The number of anilines is 5. The molecule has 31 heavy (non-hydrogen) atoms. The Hall–Kier alpha value is -3.85. The third kappa shape index (κ3) is 5.83. The molecule has 0 aliphatic rings. The lowest BCUT2D eigenvalue weighted by Gasteiger charge is -2.08.